The molecule has 1 fully saturated rings. The van der Waals surface area contributed by atoms with Crippen molar-refractivity contribution in [3.63, 3.8) is 0 Å². The van der Waals surface area contributed by atoms with E-state index in [1.807, 2.05) is 60.4 Å². The van der Waals surface area contributed by atoms with E-state index in [0.717, 1.165) is 29.1 Å². The predicted octanol–water partition coefficient (Wildman–Crippen LogP) is 2.35. The van der Waals surface area contributed by atoms with Gasteiger partial charge in [-0.05, 0) is 36.8 Å². The van der Waals surface area contributed by atoms with Crippen LogP contribution in [0.2, 0.25) is 0 Å². The summed E-state index contributed by atoms with van der Waals surface area (Å²) in [7, 11) is 0. The van der Waals surface area contributed by atoms with Crippen molar-refractivity contribution in [2.24, 2.45) is 0 Å². The Morgan fingerprint density at radius 2 is 2.00 bits per heavy atom. The Kier molecular flexibility index (Phi) is 6.68. The first-order valence-electron chi connectivity index (χ1n) is 9.44. The van der Waals surface area contributed by atoms with Crippen molar-refractivity contribution in [2.75, 3.05) is 31.1 Å². The molecule has 1 heterocycles. The van der Waals surface area contributed by atoms with Crippen LogP contribution in [0, 0.1) is 0 Å². The number of piperazine rings is 1. The van der Waals surface area contributed by atoms with Crippen molar-refractivity contribution in [3.05, 3.63) is 65.7 Å². The SMILES string of the molecule is CCOc1ccccc1/C=C/C(=O)NCc1ccc(N2CCNC(=O)C2)cc1. The third kappa shape index (κ3) is 5.36. The summed E-state index contributed by atoms with van der Waals surface area (Å²) in [6, 6.07) is 15.5. The smallest absolute Gasteiger partial charge is 0.244 e. The van der Waals surface area contributed by atoms with E-state index in [0.29, 0.717) is 26.2 Å². The molecule has 3 rings (SSSR count). The van der Waals surface area contributed by atoms with E-state index < -0.39 is 0 Å². The van der Waals surface area contributed by atoms with Crippen LogP contribution in [0.5, 0.6) is 5.75 Å². The second-order valence-corrected chi connectivity index (χ2v) is 6.46. The number of para-hydroxylation sites is 1. The highest BCUT2D eigenvalue weighted by Crippen LogP contribution is 2.19. The van der Waals surface area contributed by atoms with Gasteiger partial charge in [0.1, 0.15) is 5.75 Å². The van der Waals surface area contributed by atoms with E-state index in [9.17, 15) is 9.59 Å². The molecule has 6 nitrogen and oxygen atoms in total. The highest BCUT2D eigenvalue weighted by Gasteiger charge is 2.16. The Labute approximate surface area is 165 Å². The molecule has 0 atom stereocenters. The lowest BCUT2D eigenvalue weighted by Crippen LogP contribution is -2.47. The number of amides is 2. The number of hydrogen-bond donors (Lipinski definition) is 2. The Hall–Kier alpha value is -3.28. The minimum Gasteiger partial charge on any atom is -0.493 e. The van der Waals surface area contributed by atoms with Crippen molar-refractivity contribution in [1.29, 1.82) is 0 Å². The third-order valence-corrected chi connectivity index (χ3v) is 4.44. The molecule has 6 heteroatoms. The molecule has 0 saturated carbocycles. The van der Waals surface area contributed by atoms with Crippen LogP contribution >= 0.6 is 0 Å². The highest BCUT2D eigenvalue weighted by molar-refractivity contribution is 5.92. The lowest BCUT2D eigenvalue weighted by atomic mass is 10.1. The van der Waals surface area contributed by atoms with E-state index in [1.165, 1.54) is 6.08 Å². The van der Waals surface area contributed by atoms with Gasteiger partial charge in [-0.1, -0.05) is 30.3 Å². The molecule has 2 amide bonds. The van der Waals surface area contributed by atoms with E-state index in [-0.39, 0.29) is 11.8 Å². The average Bonchev–Trinajstić information content (AvgIpc) is 2.72. The molecule has 0 aromatic heterocycles. The Morgan fingerprint density at radius 1 is 1.21 bits per heavy atom. The van der Waals surface area contributed by atoms with Gasteiger partial charge in [-0.15, -0.1) is 0 Å². The molecule has 1 saturated heterocycles. The number of benzene rings is 2. The molecule has 0 bridgehead atoms. The average molecular weight is 379 g/mol. The lowest BCUT2D eigenvalue weighted by molar-refractivity contribution is -0.120. The van der Waals surface area contributed by atoms with Gasteiger partial charge in [-0.25, -0.2) is 0 Å². The van der Waals surface area contributed by atoms with Crippen LogP contribution in [0.25, 0.3) is 6.08 Å². The van der Waals surface area contributed by atoms with E-state index >= 15 is 0 Å². The predicted molar refractivity (Wildman–Crippen MR) is 110 cm³/mol. The fourth-order valence-corrected chi connectivity index (χ4v) is 3.00. The topological polar surface area (TPSA) is 70.7 Å². The molecular formula is C22H25N3O3. The maximum absolute atomic E-state index is 12.1. The molecule has 0 spiro atoms. The van der Waals surface area contributed by atoms with Crippen LogP contribution in [0.15, 0.2) is 54.6 Å². The molecule has 1 aliphatic heterocycles. The van der Waals surface area contributed by atoms with Crippen molar-refractivity contribution in [1.82, 2.24) is 10.6 Å². The first kappa shape index (κ1) is 19.5. The van der Waals surface area contributed by atoms with Crippen LogP contribution in [-0.2, 0) is 16.1 Å². The normalized spacial score (nSPS) is 14.0. The zero-order valence-corrected chi connectivity index (χ0v) is 16.0. The standard InChI is InChI=1S/C22H25N3O3/c1-2-28-20-6-4-3-5-18(20)9-12-21(26)24-15-17-7-10-19(11-8-17)25-14-13-23-22(27)16-25/h3-12H,2,13-16H2,1H3,(H,23,27)(H,24,26)/b12-9+. The van der Waals surface area contributed by atoms with Crippen LogP contribution in [0.1, 0.15) is 18.1 Å². The van der Waals surface area contributed by atoms with E-state index in [1.54, 1.807) is 6.08 Å². The number of carbonyl (C=O) groups excluding carboxylic acids is 2. The summed E-state index contributed by atoms with van der Waals surface area (Å²) in [5, 5.41) is 5.70. The summed E-state index contributed by atoms with van der Waals surface area (Å²) in [5.74, 6) is 0.638. The number of nitrogens with zero attached hydrogens (tertiary/aromatic N) is 1. The summed E-state index contributed by atoms with van der Waals surface area (Å²) in [6.07, 6.45) is 3.27. The minimum atomic E-state index is -0.164. The molecule has 0 unspecified atom stereocenters. The Morgan fingerprint density at radius 3 is 2.75 bits per heavy atom. The van der Waals surface area contributed by atoms with Gasteiger partial charge in [-0.3, -0.25) is 9.59 Å². The first-order valence-corrected chi connectivity index (χ1v) is 9.44. The zero-order valence-electron chi connectivity index (χ0n) is 16.0. The quantitative estimate of drug-likeness (QED) is 0.725. The fraction of sp³-hybridized carbons (Fsp3) is 0.273. The largest absolute Gasteiger partial charge is 0.493 e. The minimum absolute atomic E-state index is 0.0419. The molecule has 0 radical (unpaired) electrons. The van der Waals surface area contributed by atoms with Crippen molar-refractivity contribution in [2.45, 2.75) is 13.5 Å². The molecular weight excluding hydrogens is 354 g/mol. The molecule has 2 aromatic rings. The Balaban J connectivity index is 1.52. The summed E-state index contributed by atoms with van der Waals surface area (Å²) < 4.78 is 5.55. The second-order valence-electron chi connectivity index (χ2n) is 6.46. The summed E-state index contributed by atoms with van der Waals surface area (Å²) in [5.41, 5.74) is 2.88. The maximum atomic E-state index is 12.1. The van der Waals surface area contributed by atoms with Gasteiger partial charge >= 0.3 is 0 Å². The molecule has 0 aliphatic carbocycles. The van der Waals surface area contributed by atoms with E-state index in [4.69, 9.17) is 4.74 Å². The van der Waals surface area contributed by atoms with E-state index in [2.05, 4.69) is 10.6 Å². The van der Waals surface area contributed by atoms with Gasteiger partial charge in [0.25, 0.3) is 0 Å². The number of hydrogen-bond acceptors (Lipinski definition) is 4. The van der Waals surface area contributed by atoms with Gasteiger partial charge in [-0.2, -0.15) is 0 Å². The molecule has 28 heavy (non-hydrogen) atoms. The molecule has 2 N–H and O–H groups in total. The van der Waals surface area contributed by atoms with Crippen molar-refractivity contribution in [3.8, 4) is 5.75 Å². The highest BCUT2D eigenvalue weighted by atomic mass is 16.5. The second kappa shape index (κ2) is 9.60. The van der Waals surface area contributed by atoms with Gasteiger partial charge in [0.05, 0.1) is 13.2 Å². The number of nitrogens with one attached hydrogen (secondary N) is 2. The van der Waals surface area contributed by atoms with Gasteiger partial charge in [0.2, 0.25) is 11.8 Å². The monoisotopic (exact) mass is 379 g/mol. The maximum Gasteiger partial charge on any atom is 0.244 e. The third-order valence-electron chi connectivity index (χ3n) is 4.44. The van der Waals surface area contributed by atoms with Crippen LogP contribution in [-0.4, -0.2) is 38.1 Å². The molecule has 2 aromatic carbocycles. The van der Waals surface area contributed by atoms with Gasteiger partial charge in [0, 0.05) is 37.0 Å². The van der Waals surface area contributed by atoms with Crippen LogP contribution in [0.3, 0.4) is 0 Å². The van der Waals surface area contributed by atoms with Gasteiger partial charge < -0.3 is 20.3 Å². The van der Waals surface area contributed by atoms with Crippen molar-refractivity contribution < 1.29 is 14.3 Å². The summed E-state index contributed by atoms with van der Waals surface area (Å²) in [6.45, 7) is 4.79. The first-order chi connectivity index (χ1) is 13.7. The van der Waals surface area contributed by atoms with Gasteiger partial charge in [0.15, 0.2) is 0 Å². The summed E-state index contributed by atoms with van der Waals surface area (Å²) >= 11 is 0. The number of carbonyl (C=O) groups is 2. The Bertz CT molecular complexity index is 846. The van der Waals surface area contributed by atoms with Crippen molar-refractivity contribution >= 4 is 23.6 Å². The summed E-state index contributed by atoms with van der Waals surface area (Å²) in [4.78, 5) is 25.7. The number of anilines is 1. The molecule has 146 valence electrons. The van der Waals surface area contributed by atoms with Crippen LogP contribution in [0.4, 0.5) is 5.69 Å². The van der Waals surface area contributed by atoms with Crippen LogP contribution < -0.4 is 20.3 Å². The number of ether oxygens (including phenoxy) is 1. The zero-order chi connectivity index (χ0) is 19.8. The number of rotatable bonds is 7. The molecule has 1 aliphatic rings. The lowest BCUT2D eigenvalue weighted by Gasteiger charge is -2.28. The fourth-order valence-electron chi connectivity index (χ4n) is 3.00.